The van der Waals surface area contributed by atoms with Crippen LogP contribution in [0.4, 0.5) is 5.69 Å². The number of fused-ring (bicyclic) bond motifs is 1. The van der Waals surface area contributed by atoms with Crippen molar-refractivity contribution < 1.29 is 14.3 Å². The summed E-state index contributed by atoms with van der Waals surface area (Å²) < 4.78 is 11.1. The molecule has 0 fully saturated rings. The molecule has 156 valence electrons. The summed E-state index contributed by atoms with van der Waals surface area (Å²) in [7, 11) is 3.31. The average molecular weight is 423 g/mol. The summed E-state index contributed by atoms with van der Waals surface area (Å²) in [6.07, 6.45) is 0.856. The van der Waals surface area contributed by atoms with Crippen LogP contribution in [0.5, 0.6) is 11.5 Å². The SMILES string of the molecule is COc1cc2c(cc1OC)[C@@H](c1cccs1)N(CC(=O)Nc1ccccc1C)CC2. The van der Waals surface area contributed by atoms with Crippen LogP contribution in [0.1, 0.15) is 27.6 Å². The van der Waals surface area contributed by atoms with E-state index in [9.17, 15) is 4.79 Å². The van der Waals surface area contributed by atoms with E-state index in [0.717, 1.165) is 30.0 Å². The lowest BCUT2D eigenvalue weighted by molar-refractivity contribution is -0.117. The Labute approximate surface area is 181 Å². The van der Waals surface area contributed by atoms with E-state index < -0.39 is 0 Å². The Bertz CT molecular complexity index is 1030. The molecule has 0 spiro atoms. The molecule has 1 aliphatic rings. The maximum atomic E-state index is 12.9. The first kappa shape index (κ1) is 20.4. The standard InChI is InChI=1S/C24H26N2O3S/c1-16-7-4-5-8-19(16)25-23(27)15-26-11-10-17-13-20(28-2)21(29-3)14-18(17)24(26)22-9-6-12-30-22/h4-9,12-14,24H,10-11,15H2,1-3H3,(H,25,27)/t24-/m0/s1. The van der Waals surface area contributed by atoms with Crippen LogP contribution in [0.25, 0.3) is 0 Å². The minimum Gasteiger partial charge on any atom is -0.493 e. The van der Waals surface area contributed by atoms with Crippen LogP contribution >= 0.6 is 11.3 Å². The number of thiophene rings is 1. The van der Waals surface area contributed by atoms with Gasteiger partial charge >= 0.3 is 0 Å². The van der Waals surface area contributed by atoms with E-state index in [1.54, 1.807) is 25.6 Å². The number of rotatable bonds is 6. The van der Waals surface area contributed by atoms with Crippen LogP contribution in [-0.4, -0.2) is 38.1 Å². The zero-order chi connectivity index (χ0) is 21.1. The highest BCUT2D eigenvalue weighted by Crippen LogP contribution is 2.42. The molecule has 0 bridgehead atoms. The normalized spacial score (nSPS) is 16.0. The van der Waals surface area contributed by atoms with Crippen molar-refractivity contribution in [2.24, 2.45) is 0 Å². The third kappa shape index (κ3) is 4.06. The zero-order valence-electron chi connectivity index (χ0n) is 17.5. The highest BCUT2D eigenvalue weighted by atomic mass is 32.1. The van der Waals surface area contributed by atoms with Crippen LogP contribution in [0.3, 0.4) is 0 Å². The van der Waals surface area contributed by atoms with Gasteiger partial charge in [0.2, 0.25) is 5.91 Å². The lowest BCUT2D eigenvalue weighted by atomic mass is 9.91. The van der Waals surface area contributed by atoms with Crippen LogP contribution in [0.15, 0.2) is 53.9 Å². The van der Waals surface area contributed by atoms with Gasteiger partial charge in [-0.05, 0) is 59.7 Å². The molecule has 0 aliphatic carbocycles. The molecule has 1 atom stereocenters. The number of hydrogen-bond donors (Lipinski definition) is 1. The summed E-state index contributed by atoms with van der Waals surface area (Å²) >= 11 is 1.71. The van der Waals surface area contributed by atoms with Gasteiger partial charge in [-0.1, -0.05) is 24.3 Å². The minimum absolute atomic E-state index is 0.00483. The van der Waals surface area contributed by atoms with Crippen LogP contribution in [0, 0.1) is 6.92 Å². The van der Waals surface area contributed by atoms with Gasteiger partial charge in [-0.25, -0.2) is 0 Å². The molecule has 2 heterocycles. The van der Waals surface area contributed by atoms with Crippen molar-refractivity contribution in [3.8, 4) is 11.5 Å². The van der Waals surface area contributed by atoms with Gasteiger partial charge in [0.05, 0.1) is 26.8 Å². The van der Waals surface area contributed by atoms with E-state index in [0.29, 0.717) is 12.3 Å². The predicted molar refractivity (Wildman–Crippen MR) is 121 cm³/mol. The van der Waals surface area contributed by atoms with E-state index in [-0.39, 0.29) is 11.9 Å². The molecule has 4 rings (SSSR count). The fourth-order valence-electron chi connectivity index (χ4n) is 4.04. The third-order valence-electron chi connectivity index (χ3n) is 5.55. The summed E-state index contributed by atoms with van der Waals surface area (Å²) in [5, 5.41) is 5.15. The Morgan fingerprint density at radius 1 is 1.13 bits per heavy atom. The Morgan fingerprint density at radius 2 is 1.90 bits per heavy atom. The second-order valence-electron chi connectivity index (χ2n) is 7.41. The maximum Gasteiger partial charge on any atom is 0.238 e. The number of amides is 1. The van der Waals surface area contributed by atoms with Crippen molar-refractivity contribution in [1.29, 1.82) is 0 Å². The average Bonchev–Trinajstić information content (AvgIpc) is 3.28. The fourth-order valence-corrected chi connectivity index (χ4v) is 4.91. The molecule has 1 amide bonds. The van der Waals surface area contributed by atoms with E-state index in [4.69, 9.17) is 9.47 Å². The Balaban J connectivity index is 1.64. The van der Waals surface area contributed by atoms with E-state index in [1.807, 2.05) is 31.2 Å². The van der Waals surface area contributed by atoms with E-state index >= 15 is 0 Å². The number of hydrogen-bond acceptors (Lipinski definition) is 5. The van der Waals surface area contributed by atoms with Crippen molar-refractivity contribution in [2.75, 3.05) is 32.6 Å². The number of benzene rings is 2. The summed E-state index contributed by atoms with van der Waals surface area (Å²) in [4.78, 5) is 16.3. The fraction of sp³-hybridized carbons (Fsp3) is 0.292. The monoisotopic (exact) mass is 422 g/mol. The van der Waals surface area contributed by atoms with Crippen molar-refractivity contribution >= 4 is 22.9 Å². The minimum atomic E-state index is -0.00483. The number of para-hydroxylation sites is 1. The topological polar surface area (TPSA) is 50.8 Å². The van der Waals surface area contributed by atoms with E-state index in [2.05, 4.69) is 39.9 Å². The molecule has 2 aromatic carbocycles. The van der Waals surface area contributed by atoms with Gasteiger partial charge in [0.1, 0.15) is 0 Å². The first-order valence-corrected chi connectivity index (χ1v) is 10.9. The van der Waals surface area contributed by atoms with Gasteiger partial charge in [0, 0.05) is 17.1 Å². The predicted octanol–water partition coefficient (Wildman–Crippen LogP) is 4.66. The number of nitrogens with zero attached hydrogens (tertiary/aromatic N) is 1. The van der Waals surface area contributed by atoms with Crippen LogP contribution in [-0.2, 0) is 11.2 Å². The van der Waals surface area contributed by atoms with Crippen LogP contribution in [0.2, 0.25) is 0 Å². The van der Waals surface area contributed by atoms with Gasteiger partial charge < -0.3 is 14.8 Å². The molecule has 0 radical (unpaired) electrons. The molecule has 5 nitrogen and oxygen atoms in total. The van der Waals surface area contributed by atoms with Gasteiger partial charge in [-0.15, -0.1) is 11.3 Å². The molecular formula is C24H26N2O3S. The lowest BCUT2D eigenvalue weighted by Gasteiger charge is -2.37. The lowest BCUT2D eigenvalue weighted by Crippen LogP contribution is -2.41. The van der Waals surface area contributed by atoms with Gasteiger partial charge in [-0.2, -0.15) is 0 Å². The number of carbonyl (C=O) groups excluding carboxylic acids is 1. The summed E-state index contributed by atoms with van der Waals surface area (Å²) in [5.74, 6) is 1.45. The van der Waals surface area contributed by atoms with Gasteiger partial charge in [0.15, 0.2) is 11.5 Å². The summed E-state index contributed by atoms with van der Waals surface area (Å²) in [5.41, 5.74) is 4.33. The second-order valence-corrected chi connectivity index (χ2v) is 8.39. The highest BCUT2D eigenvalue weighted by Gasteiger charge is 2.32. The molecule has 30 heavy (non-hydrogen) atoms. The van der Waals surface area contributed by atoms with Crippen molar-refractivity contribution in [3.63, 3.8) is 0 Å². The first-order valence-electron chi connectivity index (χ1n) is 9.98. The third-order valence-corrected chi connectivity index (χ3v) is 6.48. The quantitative estimate of drug-likeness (QED) is 0.628. The number of anilines is 1. The molecule has 0 saturated heterocycles. The molecule has 1 aromatic heterocycles. The smallest absolute Gasteiger partial charge is 0.238 e. The molecular weight excluding hydrogens is 396 g/mol. The van der Waals surface area contributed by atoms with Crippen molar-refractivity contribution in [1.82, 2.24) is 4.90 Å². The number of methoxy groups -OCH3 is 2. The molecule has 0 saturated carbocycles. The summed E-state index contributed by atoms with van der Waals surface area (Å²) in [6.45, 7) is 3.12. The number of carbonyl (C=O) groups is 1. The highest BCUT2D eigenvalue weighted by molar-refractivity contribution is 7.10. The van der Waals surface area contributed by atoms with Crippen LogP contribution < -0.4 is 14.8 Å². The van der Waals surface area contributed by atoms with Crippen molar-refractivity contribution in [3.05, 3.63) is 75.5 Å². The summed E-state index contributed by atoms with van der Waals surface area (Å²) in [6, 6.07) is 16.2. The molecule has 0 unspecified atom stereocenters. The number of aryl methyl sites for hydroxylation is 1. The van der Waals surface area contributed by atoms with Gasteiger partial charge in [-0.3, -0.25) is 9.69 Å². The molecule has 1 aliphatic heterocycles. The molecule has 3 aromatic rings. The zero-order valence-corrected chi connectivity index (χ0v) is 18.3. The Hall–Kier alpha value is -2.83. The van der Waals surface area contributed by atoms with Crippen molar-refractivity contribution in [2.45, 2.75) is 19.4 Å². The molecule has 6 heteroatoms. The van der Waals surface area contributed by atoms with E-state index in [1.165, 1.54) is 16.0 Å². The number of nitrogens with one attached hydrogen (secondary N) is 1. The Kier molecular flexibility index (Phi) is 6.06. The molecule has 1 N–H and O–H groups in total. The maximum absolute atomic E-state index is 12.9. The van der Waals surface area contributed by atoms with Gasteiger partial charge in [0.25, 0.3) is 0 Å². The first-order chi connectivity index (χ1) is 14.6. The largest absolute Gasteiger partial charge is 0.493 e. The number of ether oxygens (including phenoxy) is 2. The second kappa shape index (κ2) is 8.90. The Morgan fingerprint density at radius 3 is 2.60 bits per heavy atom.